The van der Waals surface area contributed by atoms with Crippen LogP contribution in [-0.4, -0.2) is 34.6 Å². The Morgan fingerprint density at radius 3 is 2.29 bits per heavy atom. The van der Waals surface area contributed by atoms with Gasteiger partial charge in [-0.3, -0.25) is 9.59 Å². The molecule has 1 atom stereocenters. The van der Waals surface area contributed by atoms with Gasteiger partial charge in [-0.15, -0.1) is 0 Å². The summed E-state index contributed by atoms with van der Waals surface area (Å²) in [6.45, 7) is 5.12. The summed E-state index contributed by atoms with van der Waals surface area (Å²) < 4.78 is 5.08. The van der Waals surface area contributed by atoms with E-state index in [9.17, 15) is 14.4 Å². The Hall–Kier alpha value is -1.59. The van der Waals surface area contributed by atoms with E-state index in [0.717, 1.165) is 25.7 Å². The number of carboxylic acid groups (broad SMARTS) is 1. The zero-order valence-electron chi connectivity index (χ0n) is 13.0. The highest BCUT2D eigenvalue weighted by Crippen LogP contribution is 2.27. The Labute approximate surface area is 125 Å². The fraction of sp³-hybridized carbons (Fsp3) is 0.800. The minimum Gasteiger partial charge on any atom is -0.480 e. The minimum absolute atomic E-state index is 0.308. The number of aliphatic carboxylic acids is 1. The highest BCUT2D eigenvalue weighted by molar-refractivity contribution is 5.87. The molecule has 21 heavy (non-hydrogen) atoms. The van der Waals surface area contributed by atoms with Gasteiger partial charge in [0.1, 0.15) is 11.6 Å². The van der Waals surface area contributed by atoms with Gasteiger partial charge >= 0.3 is 11.9 Å². The lowest BCUT2D eigenvalue weighted by molar-refractivity contribution is -0.158. The van der Waals surface area contributed by atoms with Gasteiger partial charge in [0, 0.05) is 6.42 Å². The summed E-state index contributed by atoms with van der Waals surface area (Å²) in [5.41, 5.74) is -0.673. The summed E-state index contributed by atoms with van der Waals surface area (Å²) >= 11 is 0. The van der Waals surface area contributed by atoms with E-state index in [1.807, 2.05) is 0 Å². The number of rotatable bonds is 6. The van der Waals surface area contributed by atoms with Crippen molar-refractivity contribution in [2.45, 2.75) is 70.9 Å². The number of carbonyl (C=O) groups excluding carboxylic acids is 2. The van der Waals surface area contributed by atoms with Crippen LogP contribution in [0.3, 0.4) is 0 Å². The van der Waals surface area contributed by atoms with Gasteiger partial charge in [-0.25, -0.2) is 4.79 Å². The monoisotopic (exact) mass is 299 g/mol. The molecule has 0 aromatic carbocycles. The molecule has 1 amide bonds. The minimum atomic E-state index is -1.23. The zero-order valence-corrected chi connectivity index (χ0v) is 13.0. The van der Waals surface area contributed by atoms with Crippen LogP contribution in [0.2, 0.25) is 0 Å². The fourth-order valence-corrected chi connectivity index (χ4v) is 2.48. The Kier molecular flexibility index (Phi) is 6.18. The van der Waals surface area contributed by atoms with Crippen molar-refractivity contribution in [3.63, 3.8) is 0 Å². The number of ether oxygens (including phenoxy) is 1. The molecular formula is C15H25NO5. The van der Waals surface area contributed by atoms with E-state index in [0.29, 0.717) is 12.3 Å². The van der Waals surface area contributed by atoms with Gasteiger partial charge in [0.15, 0.2) is 0 Å². The van der Waals surface area contributed by atoms with Crippen molar-refractivity contribution >= 4 is 17.8 Å². The summed E-state index contributed by atoms with van der Waals surface area (Å²) in [6.07, 6.45) is 4.24. The number of carbonyl (C=O) groups is 3. The van der Waals surface area contributed by atoms with Crippen LogP contribution in [0.25, 0.3) is 0 Å². The SMILES string of the molecule is CC(C)(C)OC(=O)C[C@H](NC(=O)CC1CCCC1)C(=O)O. The molecule has 2 N–H and O–H groups in total. The van der Waals surface area contributed by atoms with Crippen molar-refractivity contribution in [1.82, 2.24) is 5.32 Å². The van der Waals surface area contributed by atoms with Crippen molar-refractivity contribution in [1.29, 1.82) is 0 Å². The second-order valence-electron chi connectivity index (χ2n) is 6.60. The Morgan fingerprint density at radius 2 is 1.81 bits per heavy atom. The van der Waals surface area contributed by atoms with Crippen LogP contribution in [0, 0.1) is 5.92 Å². The number of amides is 1. The lowest BCUT2D eigenvalue weighted by atomic mass is 10.0. The van der Waals surface area contributed by atoms with Crippen LogP contribution in [0.4, 0.5) is 0 Å². The summed E-state index contributed by atoms with van der Waals surface area (Å²) in [5, 5.41) is 11.5. The Morgan fingerprint density at radius 1 is 1.24 bits per heavy atom. The van der Waals surface area contributed by atoms with E-state index in [1.165, 1.54) is 0 Å². The van der Waals surface area contributed by atoms with E-state index >= 15 is 0 Å². The van der Waals surface area contributed by atoms with Crippen LogP contribution < -0.4 is 5.32 Å². The van der Waals surface area contributed by atoms with Crippen molar-refractivity contribution < 1.29 is 24.2 Å². The van der Waals surface area contributed by atoms with Gasteiger partial charge in [-0.1, -0.05) is 12.8 Å². The predicted molar refractivity (Wildman–Crippen MR) is 76.6 cm³/mol. The smallest absolute Gasteiger partial charge is 0.326 e. The van der Waals surface area contributed by atoms with Crippen molar-refractivity contribution in [2.75, 3.05) is 0 Å². The van der Waals surface area contributed by atoms with E-state index in [2.05, 4.69) is 5.32 Å². The molecule has 0 bridgehead atoms. The topological polar surface area (TPSA) is 92.7 Å². The average molecular weight is 299 g/mol. The summed E-state index contributed by atoms with van der Waals surface area (Å²) in [7, 11) is 0. The van der Waals surface area contributed by atoms with Gasteiger partial charge in [0.25, 0.3) is 0 Å². The first-order valence-electron chi connectivity index (χ1n) is 7.41. The van der Waals surface area contributed by atoms with Crippen molar-refractivity contribution in [2.24, 2.45) is 5.92 Å². The highest BCUT2D eigenvalue weighted by atomic mass is 16.6. The first-order valence-corrected chi connectivity index (χ1v) is 7.41. The van der Waals surface area contributed by atoms with E-state index < -0.39 is 23.6 Å². The standard InChI is InChI=1S/C15H25NO5/c1-15(2,3)21-13(18)9-11(14(19)20)16-12(17)8-10-6-4-5-7-10/h10-11H,4-9H2,1-3H3,(H,16,17)(H,19,20)/t11-/m0/s1. The average Bonchev–Trinajstić information content (AvgIpc) is 2.77. The van der Waals surface area contributed by atoms with E-state index in [1.54, 1.807) is 20.8 Å². The number of hydrogen-bond acceptors (Lipinski definition) is 4. The first-order chi connectivity index (χ1) is 9.67. The van der Waals surface area contributed by atoms with Gasteiger partial charge in [0.2, 0.25) is 5.91 Å². The normalized spacial score (nSPS) is 17.3. The molecule has 0 aliphatic heterocycles. The lowest BCUT2D eigenvalue weighted by Crippen LogP contribution is -2.43. The molecule has 1 saturated carbocycles. The molecular weight excluding hydrogens is 274 g/mol. The Balaban J connectivity index is 2.47. The molecule has 1 aliphatic carbocycles. The largest absolute Gasteiger partial charge is 0.480 e. The maximum Gasteiger partial charge on any atom is 0.326 e. The molecule has 6 heteroatoms. The summed E-state index contributed by atoms with van der Waals surface area (Å²) in [4.78, 5) is 34.7. The molecule has 6 nitrogen and oxygen atoms in total. The predicted octanol–water partition coefficient (Wildman–Crippen LogP) is 1.87. The molecule has 0 saturated heterocycles. The van der Waals surface area contributed by atoms with Crippen LogP contribution in [0.15, 0.2) is 0 Å². The van der Waals surface area contributed by atoms with Gasteiger partial charge in [-0.05, 0) is 39.5 Å². The molecule has 0 aromatic heterocycles. The van der Waals surface area contributed by atoms with Crippen LogP contribution >= 0.6 is 0 Å². The van der Waals surface area contributed by atoms with E-state index in [4.69, 9.17) is 9.84 Å². The number of esters is 1. The summed E-state index contributed by atoms with van der Waals surface area (Å²) in [5.74, 6) is -1.82. The highest BCUT2D eigenvalue weighted by Gasteiger charge is 2.27. The molecule has 0 spiro atoms. The van der Waals surface area contributed by atoms with Crippen molar-refractivity contribution in [3.8, 4) is 0 Å². The number of nitrogens with one attached hydrogen (secondary N) is 1. The van der Waals surface area contributed by atoms with Crippen molar-refractivity contribution in [3.05, 3.63) is 0 Å². The molecule has 0 aromatic rings. The molecule has 0 radical (unpaired) electrons. The van der Waals surface area contributed by atoms with Gasteiger partial charge < -0.3 is 15.2 Å². The van der Waals surface area contributed by atoms with Crippen LogP contribution in [0.1, 0.15) is 59.3 Å². The third kappa shape index (κ3) is 7.11. The zero-order chi connectivity index (χ0) is 16.0. The third-order valence-electron chi connectivity index (χ3n) is 3.37. The molecule has 120 valence electrons. The number of hydrogen-bond donors (Lipinski definition) is 2. The quantitative estimate of drug-likeness (QED) is 0.730. The maximum absolute atomic E-state index is 11.9. The molecule has 1 aliphatic rings. The van der Waals surface area contributed by atoms with Gasteiger partial charge in [-0.2, -0.15) is 0 Å². The van der Waals surface area contributed by atoms with Crippen LogP contribution in [0.5, 0.6) is 0 Å². The molecule has 0 unspecified atom stereocenters. The fourth-order valence-electron chi connectivity index (χ4n) is 2.48. The molecule has 1 fully saturated rings. The van der Waals surface area contributed by atoms with Gasteiger partial charge in [0.05, 0.1) is 6.42 Å². The first kappa shape index (κ1) is 17.5. The van der Waals surface area contributed by atoms with Crippen LogP contribution in [-0.2, 0) is 19.1 Å². The second kappa shape index (κ2) is 7.43. The summed E-state index contributed by atoms with van der Waals surface area (Å²) in [6, 6.07) is -1.23. The third-order valence-corrected chi connectivity index (χ3v) is 3.37. The Bertz CT molecular complexity index is 393. The second-order valence-corrected chi connectivity index (χ2v) is 6.60. The number of carboxylic acids is 1. The maximum atomic E-state index is 11.9. The lowest BCUT2D eigenvalue weighted by Gasteiger charge is -2.21. The van der Waals surface area contributed by atoms with E-state index in [-0.39, 0.29) is 12.3 Å². The molecule has 0 heterocycles. The molecule has 1 rings (SSSR count).